The molecule has 0 spiro atoms. The molecule has 0 aliphatic heterocycles. The van der Waals surface area contributed by atoms with Gasteiger partial charge in [0.1, 0.15) is 0 Å². The maximum absolute atomic E-state index is 12.0. The average molecular weight is 290 g/mol. The van der Waals surface area contributed by atoms with Crippen LogP contribution in [0.1, 0.15) is 10.4 Å². The molecule has 0 amide bonds. The third-order valence-electron chi connectivity index (χ3n) is 2.60. The lowest BCUT2D eigenvalue weighted by Crippen LogP contribution is -2.07. The first-order valence-electron chi connectivity index (χ1n) is 5.56. The third-order valence-corrected chi connectivity index (χ3v) is 3.59. The second kappa shape index (κ2) is 4.99. The molecule has 3 aromatic rings. The fourth-order valence-corrected chi connectivity index (χ4v) is 2.57. The van der Waals surface area contributed by atoms with Crippen molar-refractivity contribution in [1.82, 2.24) is 4.37 Å². The maximum Gasteiger partial charge on any atom is 0.344 e. The van der Waals surface area contributed by atoms with E-state index in [-0.39, 0.29) is 0 Å². The molecule has 3 rings (SSSR count). The number of fused-ring (bicyclic) bond motifs is 1. The van der Waals surface area contributed by atoms with Gasteiger partial charge in [-0.2, -0.15) is 4.37 Å². The molecule has 94 valence electrons. The van der Waals surface area contributed by atoms with Crippen molar-refractivity contribution in [1.29, 1.82) is 0 Å². The highest BCUT2D eigenvalue weighted by Gasteiger charge is 2.13. The van der Waals surface area contributed by atoms with Gasteiger partial charge >= 0.3 is 5.97 Å². The van der Waals surface area contributed by atoms with Gasteiger partial charge in [-0.1, -0.05) is 29.8 Å². The van der Waals surface area contributed by atoms with Crippen molar-refractivity contribution in [2.45, 2.75) is 0 Å². The molecule has 0 bridgehead atoms. The molecule has 0 saturated heterocycles. The summed E-state index contributed by atoms with van der Waals surface area (Å²) in [6, 6.07) is 14.1. The van der Waals surface area contributed by atoms with Gasteiger partial charge < -0.3 is 4.74 Å². The zero-order valence-electron chi connectivity index (χ0n) is 9.67. The van der Waals surface area contributed by atoms with Gasteiger partial charge in [-0.05, 0) is 30.3 Å². The summed E-state index contributed by atoms with van der Waals surface area (Å²) in [6.45, 7) is 0. The van der Waals surface area contributed by atoms with Crippen LogP contribution < -0.4 is 4.74 Å². The molecule has 0 unspecified atom stereocenters. The lowest BCUT2D eigenvalue weighted by molar-refractivity contribution is 0.0742. The molecular formula is C14H8ClNO2S. The minimum absolute atomic E-state index is 0.397. The lowest BCUT2D eigenvalue weighted by atomic mass is 10.2. The van der Waals surface area contributed by atoms with Crippen LogP contribution in [0.4, 0.5) is 0 Å². The number of benzene rings is 2. The van der Waals surface area contributed by atoms with E-state index in [1.165, 1.54) is 0 Å². The number of nitrogens with zero attached hydrogens (tertiary/aromatic N) is 1. The van der Waals surface area contributed by atoms with E-state index in [1.807, 2.05) is 6.07 Å². The third kappa shape index (κ3) is 2.45. The van der Waals surface area contributed by atoms with E-state index >= 15 is 0 Å². The number of ether oxygens (including phenoxy) is 1. The highest BCUT2D eigenvalue weighted by molar-refractivity contribution is 7.09. The predicted octanol–water partition coefficient (Wildman–Crippen LogP) is 4.17. The average Bonchev–Trinajstić information content (AvgIpc) is 2.82. The molecule has 2 aromatic carbocycles. The van der Waals surface area contributed by atoms with Gasteiger partial charge in [0.05, 0.1) is 16.5 Å². The van der Waals surface area contributed by atoms with Crippen molar-refractivity contribution in [3.8, 4) is 5.06 Å². The molecule has 0 aliphatic rings. The zero-order valence-corrected chi connectivity index (χ0v) is 11.2. The SMILES string of the molecule is O=C(Oc1snc2ccc(Cl)cc12)c1ccccc1. The number of esters is 1. The summed E-state index contributed by atoms with van der Waals surface area (Å²) in [5, 5.41) is 1.80. The van der Waals surface area contributed by atoms with Crippen molar-refractivity contribution in [2.75, 3.05) is 0 Å². The van der Waals surface area contributed by atoms with Gasteiger partial charge in [-0.3, -0.25) is 0 Å². The Morgan fingerprint density at radius 3 is 2.74 bits per heavy atom. The molecular weight excluding hydrogens is 282 g/mol. The van der Waals surface area contributed by atoms with Crippen LogP contribution in [0.3, 0.4) is 0 Å². The number of aromatic nitrogens is 1. The summed E-state index contributed by atoms with van der Waals surface area (Å²) in [6.07, 6.45) is 0. The topological polar surface area (TPSA) is 39.2 Å². The second-order valence-electron chi connectivity index (χ2n) is 3.89. The molecule has 0 fully saturated rings. The van der Waals surface area contributed by atoms with E-state index in [0.29, 0.717) is 15.6 Å². The van der Waals surface area contributed by atoms with Crippen LogP contribution in [0.15, 0.2) is 48.5 Å². The molecule has 0 aliphatic carbocycles. The molecule has 0 atom stereocenters. The van der Waals surface area contributed by atoms with Crippen LogP contribution in [0, 0.1) is 0 Å². The van der Waals surface area contributed by atoms with Crippen molar-refractivity contribution in [3.63, 3.8) is 0 Å². The number of halogens is 1. The van der Waals surface area contributed by atoms with Crippen LogP contribution in [-0.2, 0) is 0 Å². The van der Waals surface area contributed by atoms with Gasteiger partial charge in [0.25, 0.3) is 0 Å². The smallest absolute Gasteiger partial charge is 0.344 e. The predicted molar refractivity (Wildman–Crippen MR) is 76.0 cm³/mol. The molecule has 0 saturated carbocycles. The molecule has 1 aromatic heterocycles. The summed E-state index contributed by atoms with van der Waals surface area (Å²) >= 11 is 7.08. The Labute approximate surface area is 118 Å². The number of carbonyl (C=O) groups is 1. The van der Waals surface area contributed by atoms with Gasteiger partial charge in [0, 0.05) is 16.6 Å². The highest BCUT2D eigenvalue weighted by Crippen LogP contribution is 2.32. The fourth-order valence-electron chi connectivity index (χ4n) is 1.68. The van der Waals surface area contributed by atoms with Crippen LogP contribution in [0.2, 0.25) is 5.02 Å². The summed E-state index contributed by atoms with van der Waals surface area (Å²) < 4.78 is 9.58. The van der Waals surface area contributed by atoms with Crippen LogP contribution in [0.25, 0.3) is 10.9 Å². The monoisotopic (exact) mass is 289 g/mol. The highest BCUT2D eigenvalue weighted by atomic mass is 35.5. The molecule has 5 heteroatoms. The summed E-state index contributed by atoms with van der Waals surface area (Å²) in [4.78, 5) is 12.0. The van der Waals surface area contributed by atoms with Crippen molar-refractivity contribution >= 4 is 40.0 Å². The lowest BCUT2D eigenvalue weighted by Gasteiger charge is -2.01. The molecule has 19 heavy (non-hydrogen) atoms. The van der Waals surface area contributed by atoms with E-state index in [1.54, 1.807) is 42.5 Å². The first-order valence-corrected chi connectivity index (χ1v) is 6.71. The minimum atomic E-state index is -0.397. The van der Waals surface area contributed by atoms with Crippen molar-refractivity contribution in [3.05, 3.63) is 59.1 Å². The number of rotatable bonds is 2. The van der Waals surface area contributed by atoms with Gasteiger partial charge in [0.2, 0.25) is 5.06 Å². The van der Waals surface area contributed by atoms with E-state index < -0.39 is 5.97 Å². The largest absolute Gasteiger partial charge is 0.410 e. The van der Waals surface area contributed by atoms with Gasteiger partial charge in [0.15, 0.2) is 0 Å². The number of hydrogen-bond donors (Lipinski definition) is 0. The molecule has 1 heterocycles. The Balaban J connectivity index is 1.94. The standard InChI is InChI=1S/C14H8ClNO2S/c15-10-6-7-12-11(8-10)14(19-16-12)18-13(17)9-4-2-1-3-5-9/h1-8H. The van der Waals surface area contributed by atoms with Crippen LogP contribution in [0.5, 0.6) is 5.06 Å². The van der Waals surface area contributed by atoms with Crippen LogP contribution >= 0.6 is 23.1 Å². The van der Waals surface area contributed by atoms with E-state index in [4.69, 9.17) is 16.3 Å². The molecule has 0 radical (unpaired) electrons. The van der Waals surface area contributed by atoms with E-state index in [2.05, 4.69) is 4.37 Å². The Kier molecular flexibility index (Phi) is 3.19. The number of hydrogen-bond acceptors (Lipinski definition) is 4. The normalized spacial score (nSPS) is 10.6. The summed E-state index contributed by atoms with van der Waals surface area (Å²) in [7, 11) is 0. The van der Waals surface area contributed by atoms with E-state index in [9.17, 15) is 4.79 Å². The fraction of sp³-hybridized carbons (Fsp3) is 0. The Morgan fingerprint density at radius 2 is 1.95 bits per heavy atom. The molecule has 3 nitrogen and oxygen atoms in total. The quantitative estimate of drug-likeness (QED) is 0.665. The maximum atomic E-state index is 12.0. The van der Waals surface area contributed by atoms with E-state index in [0.717, 1.165) is 22.4 Å². The second-order valence-corrected chi connectivity index (χ2v) is 5.06. The van der Waals surface area contributed by atoms with Crippen molar-refractivity contribution < 1.29 is 9.53 Å². The Bertz CT molecular complexity index is 740. The van der Waals surface area contributed by atoms with Crippen LogP contribution in [-0.4, -0.2) is 10.3 Å². The Hall–Kier alpha value is -1.91. The molecule has 0 N–H and O–H groups in total. The van der Waals surface area contributed by atoms with Gasteiger partial charge in [-0.15, -0.1) is 0 Å². The first-order chi connectivity index (χ1) is 9.24. The Morgan fingerprint density at radius 1 is 1.16 bits per heavy atom. The minimum Gasteiger partial charge on any atom is -0.410 e. The summed E-state index contributed by atoms with van der Waals surface area (Å²) in [5.41, 5.74) is 1.27. The number of carbonyl (C=O) groups excluding carboxylic acids is 1. The van der Waals surface area contributed by atoms with Crippen molar-refractivity contribution in [2.24, 2.45) is 0 Å². The first kappa shape index (κ1) is 12.1. The zero-order chi connectivity index (χ0) is 13.2. The summed E-state index contributed by atoms with van der Waals surface area (Å²) in [5.74, 6) is -0.397. The van der Waals surface area contributed by atoms with Gasteiger partial charge in [-0.25, -0.2) is 4.79 Å².